The van der Waals surface area contributed by atoms with E-state index >= 15 is 0 Å². The number of hydrogen-bond acceptors (Lipinski definition) is 3. The number of aromatic nitrogens is 2. The number of aryl methyl sites for hydroxylation is 1. The lowest BCUT2D eigenvalue weighted by molar-refractivity contribution is 0.415. The second kappa shape index (κ2) is 3.42. The zero-order valence-electron chi connectivity index (χ0n) is 7.91. The Morgan fingerprint density at radius 3 is 2.79 bits per heavy atom. The Hall–Kier alpha value is -1.35. The number of methoxy groups -OCH3 is 1. The third-order valence-corrected chi connectivity index (χ3v) is 2.39. The molecule has 0 fully saturated rings. The number of fused-ring (bicyclic) bond motifs is 1. The molecule has 3 nitrogen and oxygen atoms in total. The van der Waals surface area contributed by atoms with Gasteiger partial charge in [-0.1, -0.05) is 11.6 Å². The second-order valence-electron chi connectivity index (χ2n) is 3.00. The van der Waals surface area contributed by atoms with Crippen molar-refractivity contribution in [2.75, 3.05) is 7.11 Å². The second-order valence-corrected chi connectivity index (χ2v) is 3.36. The number of hydrogen-bond donors (Lipinski definition) is 0. The molecule has 0 N–H and O–H groups in total. The fourth-order valence-corrected chi connectivity index (χ4v) is 1.59. The van der Waals surface area contributed by atoms with Gasteiger partial charge in [-0.05, 0) is 24.6 Å². The fourth-order valence-electron chi connectivity index (χ4n) is 1.40. The van der Waals surface area contributed by atoms with Crippen LogP contribution in [0.5, 0.6) is 5.75 Å². The summed E-state index contributed by atoms with van der Waals surface area (Å²) in [5, 5.41) is 1.28. The van der Waals surface area contributed by atoms with Crippen molar-refractivity contribution < 1.29 is 4.74 Å². The van der Waals surface area contributed by atoms with Crippen molar-refractivity contribution in [3.05, 3.63) is 29.2 Å². The Bertz CT molecular complexity index is 485. The van der Waals surface area contributed by atoms with E-state index in [-0.39, 0.29) is 0 Å². The van der Waals surface area contributed by atoms with Crippen LogP contribution in [0.25, 0.3) is 10.9 Å². The van der Waals surface area contributed by atoms with Gasteiger partial charge in [0, 0.05) is 5.39 Å². The first-order chi connectivity index (χ1) is 6.72. The zero-order chi connectivity index (χ0) is 10.1. The van der Waals surface area contributed by atoms with Gasteiger partial charge in [0.2, 0.25) is 0 Å². The highest BCUT2D eigenvalue weighted by molar-refractivity contribution is 6.34. The van der Waals surface area contributed by atoms with Gasteiger partial charge in [-0.2, -0.15) is 0 Å². The van der Waals surface area contributed by atoms with E-state index in [2.05, 4.69) is 9.97 Å². The summed E-state index contributed by atoms with van der Waals surface area (Å²) < 4.78 is 5.14. The highest BCUT2D eigenvalue weighted by atomic mass is 35.5. The van der Waals surface area contributed by atoms with Gasteiger partial charge in [0.15, 0.2) is 0 Å². The van der Waals surface area contributed by atoms with Gasteiger partial charge >= 0.3 is 0 Å². The summed E-state index contributed by atoms with van der Waals surface area (Å²) in [5.41, 5.74) is 1.90. The van der Waals surface area contributed by atoms with Crippen LogP contribution >= 0.6 is 11.6 Å². The number of nitrogens with zero attached hydrogens (tertiary/aromatic N) is 2. The maximum atomic E-state index is 5.95. The van der Waals surface area contributed by atoms with E-state index < -0.39 is 0 Å². The molecule has 0 saturated heterocycles. The Labute approximate surface area is 86.7 Å². The summed E-state index contributed by atoms with van der Waals surface area (Å²) in [4.78, 5) is 8.09. The first-order valence-electron chi connectivity index (χ1n) is 4.17. The molecule has 0 unspecified atom stereocenters. The Balaban J connectivity index is 2.83. The summed E-state index contributed by atoms with van der Waals surface area (Å²) >= 11 is 5.95. The summed E-state index contributed by atoms with van der Waals surface area (Å²) in [6.45, 7) is 1.97. The highest BCUT2D eigenvalue weighted by Crippen LogP contribution is 2.26. The van der Waals surface area contributed by atoms with Crippen LogP contribution in [0.3, 0.4) is 0 Å². The Morgan fingerprint density at radius 1 is 1.29 bits per heavy atom. The number of rotatable bonds is 1. The molecule has 14 heavy (non-hydrogen) atoms. The normalized spacial score (nSPS) is 10.5. The predicted molar refractivity (Wildman–Crippen MR) is 55.8 cm³/mol. The molecule has 0 bridgehead atoms. The van der Waals surface area contributed by atoms with Crippen molar-refractivity contribution in [1.29, 1.82) is 0 Å². The molecule has 0 aliphatic rings. The van der Waals surface area contributed by atoms with Crippen molar-refractivity contribution >= 4 is 22.5 Å². The van der Waals surface area contributed by atoms with Gasteiger partial charge in [-0.25, -0.2) is 9.97 Å². The molecule has 2 aromatic rings. The Morgan fingerprint density at radius 2 is 2.07 bits per heavy atom. The molecule has 0 atom stereocenters. The average Bonchev–Trinajstić information content (AvgIpc) is 2.19. The van der Waals surface area contributed by atoms with Crippen molar-refractivity contribution in [3.63, 3.8) is 0 Å². The van der Waals surface area contributed by atoms with E-state index in [1.165, 1.54) is 6.33 Å². The zero-order valence-corrected chi connectivity index (χ0v) is 8.67. The third kappa shape index (κ3) is 1.40. The van der Waals surface area contributed by atoms with Gasteiger partial charge in [-0.3, -0.25) is 0 Å². The molecular weight excluding hydrogens is 200 g/mol. The highest BCUT2D eigenvalue weighted by Gasteiger charge is 2.05. The maximum Gasteiger partial charge on any atom is 0.140 e. The van der Waals surface area contributed by atoms with Crippen LogP contribution in [0.1, 0.15) is 5.56 Å². The van der Waals surface area contributed by atoms with E-state index in [0.29, 0.717) is 5.15 Å². The van der Waals surface area contributed by atoms with E-state index in [0.717, 1.165) is 22.2 Å². The van der Waals surface area contributed by atoms with Crippen LogP contribution in [0.15, 0.2) is 18.5 Å². The van der Waals surface area contributed by atoms with Crippen LogP contribution < -0.4 is 4.74 Å². The number of benzene rings is 1. The van der Waals surface area contributed by atoms with Crippen molar-refractivity contribution in [2.24, 2.45) is 0 Å². The third-order valence-electron chi connectivity index (χ3n) is 2.09. The van der Waals surface area contributed by atoms with Gasteiger partial charge in [0.25, 0.3) is 0 Å². The fraction of sp³-hybridized carbons (Fsp3) is 0.200. The van der Waals surface area contributed by atoms with Crippen LogP contribution in [0.4, 0.5) is 0 Å². The SMILES string of the molecule is COc1cc(C)c2ncnc(Cl)c2c1. The quantitative estimate of drug-likeness (QED) is 0.676. The van der Waals surface area contributed by atoms with Gasteiger partial charge in [0.05, 0.1) is 12.6 Å². The molecule has 1 aromatic carbocycles. The molecule has 0 radical (unpaired) electrons. The van der Waals surface area contributed by atoms with Gasteiger partial charge in [0.1, 0.15) is 17.2 Å². The van der Waals surface area contributed by atoms with Gasteiger partial charge in [-0.15, -0.1) is 0 Å². The summed E-state index contributed by atoms with van der Waals surface area (Å²) in [5.74, 6) is 0.770. The van der Waals surface area contributed by atoms with Gasteiger partial charge < -0.3 is 4.74 Å². The van der Waals surface area contributed by atoms with Crippen molar-refractivity contribution in [1.82, 2.24) is 9.97 Å². The van der Waals surface area contributed by atoms with E-state index in [9.17, 15) is 0 Å². The van der Waals surface area contributed by atoms with E-state index in [1.54, 1.807) is 7.11 Å². The average molecular weight is 209 g/mol. The molecule has 0 aliphatic carbocycles. The van der Waals surface area contributed by atoms with Crippen LogP contribution in [-0.4, -0.2) is 17.1 Å². The van der Waals surface area contributed by atoms with Crippen molar-refractivity contribution in [2.45, 2.75) is 6.92 Å². The monoisotopic (exact) mass is 208 g/mol. The summed E-state index contributed by atoms with van der Waals surface area (Å²) in [6.07, 6.45) is 1.46. The molecule has 0 aliphatic heterocycles. The smallest absolute Gasteiger partial charge is 0.140 e. The topological polar surface area (TPSA) is 35.0 Å². The predicted octanol–water partition coefficient (Wildman–Crippen LogP) is 2.60. The van der Waals surface area contributed by atoms with E-state index in [1.807, 2.05) is 19.1 Å². The largest absolute Gasteiger partial charge is 0.497 e. The first kappa shape index (κ1) is 9.21. The maximum absolute atomic E-state index is 5.95. The van der Waals surface area contributed by atoms with Crippen molar-refractivity contribution in [3.8, 4) is 5.75 Å². The molecule has 1 heterocycles. The number of halogens is 1. The van der Waals surface area contributed by atoms with Crippen LogP contribution in [0.2, 0.25) is 5.15 Å². The molecule has 4 heteroatoms. The molecule has 0 amide bonds. The minimum Gasteiger partial charge on any atom is -0.497 e. The minimum atomic E-state index is 0.456. The number of ether oxygens (including phenoxy) is 1. The lowest BCUT2D eigenvalue weighted by atomic mass is 10.1. The van der Waals surface area contributed by atoms with E-state index in [4.69, 9.17) is 16.3 Å². The Kier molecular flexibility index (Phi) is 2.25. The standard InChI is InChI=1S/C10H9ClN2O/c1-6-3-7(14-2)4-8-9(6)12-5-13-10(8)11/h3-5H,1-2H3. The first-order valence-corrected chi connectivity index (χ1v) is 4.55. The molecule has 1 aromatic heterocycles. The van der Waals surface area contributed by atoms with Crippen LogP contribution in [-0.2, 0) is 0 Å². The molecule has 72 valence electrons. The molecule has 2 rings (SSSR count). The summed E-state index contributed by atoms with van der Waals surface area (Å²) in [6, 6.07) is 3.76. The summed E-state index contributed by atoms with van der Waals surface area (Å²) in [7, 11) is 1.62. The molecule has 0 saturated carbocycles. The minimum absolute atomic E-state index is 0.456. The lowest BCUT2D eigenvalue weighted by Gasteiger charge is -2.05. The van der Waals surface area contributed by atoms with Crippen LogP contribution in [0, 0.1) is 6.92 Å². The molecular formula is C10H9ClN2O. The molecule has 0 spiro atoms. The lowest BCUT2D eigenvalue weighted by Crippen LogP contribution is -1.90.